The van der Waals surface area contributed by atoms with Gasteiger partial charge in [-0.3, -0.25) is 4.79 Å². The van der Waals surface area contributed by atoms with Crippen molar-refractivity contribution in [2.45, 2.75) is 26.4 Å². The number of hydrogen-bond donors (Lipinski definition) is 1. The van der Waals surface area contributed by atoms with E-state index in [1.165, 1.54) is 20.3 Å². The fraction of sp³-hybridized carbons (Fsp3) is 0.318. The van der Waals surface area contributed by atoms with E-state index in [4.69, 9.17) is 30.5 Å². The number of carbonyl (C=O) groups excluding carboxylic acids is 1. The quantitative estimate of drug-likeness (QED) is 0.659. The molecule has 6 nitrogen and oxygen atoms in total. The van der Waals surface area contributed by atoms with Gasteiger partial charge in [0.1, 0.15) is 29.1 Å². The third kappa shape index (κ3) is 4.77. The number of halogens is 1. The number of amides is 1. The Balaban J connectivity index is 1.82. The Morgan fingerprint density at radius 2 is 1.97 bits per heavy atom. The number of ether oxygens (including phenoxy) is 4. The van der Waals surface area contributed by atoms with Crippen LogP contribution in [0.3, 0.4) is 0 Å². The molecule has 0 spiro atoms. The van der Waals surface area contributed by atoms with Gasteiger partial charge in [0.05, 0.1) is 31.5 Å². The molecular weight excluding hydrogens is 394 g/mol. The number of nitrogens with one attached hydrogen (secondary N) is 1. The first kappa shape index (κ1) is 20.9. The summed E-state index contributed by atoms with van der Waals surface area (Å²) in [6.45, 7) is 4.48. The molecule has 0 aromatic heterocycles. The number of rotatable bonds is 7. The van der Waals surface area contributed by atoms with E-state index in [-0.39, 0.29) is 12.0 Å². The molecule has 3 rings (SSSR count). The molecule has 1 aliphatic heterocycles. The van der Waals surface area contributed by atoms with Gasteiger partial charge in [0.2, 0.25) is 5.91 Å². The normalized spacial score (nSPS) is 15.0. The molecule has 0 aliphatic carbocycles. The monoisotopic (exact) mass is 417 g/mol. The van der Waals surface area contributed by atoms with Crippen LogP contribution >= 0.6 is 11.6 Å². The lowest BCUT2D eigenvalue weighted by Crippen LogP contribution is -2.09. The molecule has 0 unspecified atom stereocenters. The van der Waals surface area contributed by atoms with Crippen molar-refractivity contribution in [3.05, 3.63) is 46.5 Å². The predicted octanol–water partition coefficient (Wildman–Crippen LogP) is 4.73. The van der Waals surface area contributed by atoms with Crippen LogP contribution in [0, 0.1) is 0 Å². The van der Waals surface area contributed by atoms with Crippen molar-refractivity contribution in [1.82, 2.24) is 0 Å². The molecule has 7 heteroatoms. The summed E-state index contributed by atoms with van der Waals surface area (Å²) in [6, 6.07) is 7.08. The Morgan fingerprint density at radius 3 is 2.66 bits per heavy atom. The number of hydrogen-bond acceptors (Lipinski definition) is 5. The van der Waals surface area contributed by atoms with Crippen LogP contribution in [0.2, 0.25) is 5.02 Å². The molecule has 2 aromatic carbocycles. The largest absolute Gasteiger partial charge is 0.495 e. The smallest absolute Gasteiger partial charge is 0.248 e. The van der Waals surface area contributed by atoms with Gasteiger partial charge < -0.3 is 24.3 Å². The third-order valence-electron chi connectivity index (χ3n) is 4.47. The van der Waals surface area contributed by atoms with Crippen molar-refractivity contribution in [2.75, 3.05) is 26.1 Å². The summed E-state index contributed by atoms with van der Waals surface area (Å²) >= 11 is 6.10. The molecule has 1 heterocycles. The summed E-state index contributed by atoms with van der Waals surface area (Å²) < 4.78 is 22.0. The second-order valence-electron chi connectivity index (χ2n) is 6.57. The van der Waals surface area contributed by atoms with Crippen LogP contribution in [0.25, 0.3) is 6.08 Å². The van der Waals surface area contributed by atoms with E-state index in [0.717, 1.165) is 29.0 Å². The van der Waals surface area contributed by atoms with Gasteiger partial charge in [-0.2, -0.15) is 0 Å². The third-order valence-corrected chi connectivity index (χ3v) is 4.77. The van der Waals surface area contributed by atoms with Crippen LogP contribution in [0.15, 0.2) is 30.3 Å². The fourth-order valence-electron chi connectivity index (χ4n) is 3.16. The molecule has 1 N–H and O–H groups in total. The van der Waals surface area contributed by atoms with Gasteiger partial charge in [0.15, 0.2) is 0 Å². The van der Waals surface area contributed by atoms with Crippen molar-refractivity contribution >= 4 is 29.3 Å². The Hall–Kier alpha value is -2.86. The van der Waals surface area contributed by atoms with E-state index >= 15 is 0 Å². The minimum absolute atomic E-state index is 0.134. The van der Waals surface area contributed by atoms with E-state index in [1.54, 1.807) is 18.2 Å². The van der Waals surface area contributed by atoms with Gasteiger partial charge in [-0.15, -0.1) is 0 Å². The molecule has 0 radical (unpaired) electrons. The van der Waals surface area contributed by atoms with Crippen molar-refractivity contribution in [2.24, 2.45) is 0 Å². The zero-order valence-corrected chi connectivity index (χ0v) is 17.6. The molecule has 1 aliphatic rings. The molecule has 29 heavy (non-hydrogen) atoms. The highest BCUT2D eigenvalue weighted by Gasteiger charge is 2.21. The molecule has 0 saturated carbocycles. The van der Waals surface area contributed by atoms with Crippen molar-refractivity contribution < 1.29 is 23.7 Å². The fourth-order valence-corrected chi connectivity index (χ4v) is 3.39. The predicted molar refractivity (Wildman–Crippen MR) is 114 cm³/mol. The Labute approximate surface area is 175 Å². The van der Waals surface area contributed by atoms with E-state index in [0.29, 0.717) is 28.8 Å². The van der Waals surface area contributed by atoms with Gasteiger partial charge >= 0.3 is 0 Å². The summed E-state index contributed by atoms with van der Waals surface area (Å²) in [5.41, 5.74) is 2.34. The molecule has 0 bridgehead atoms. The summed E-state index contributed by atoms with van der Waals surface area (Å²) in [5, 5.41) is 3.18. The molecule has 1 amide bonds. The van der Waals surface area contributed by atoms with Crippen LogP contribution < -0.4 is 24.3 Å². The molecule has 0 fully saturated rings. The van der Waals surface area contributed by atoms with E-state index in [2.05, 4.69) is 5.32 Å². The lowest BCUT2D eigenvalue weighted by atomic mass is 10.1. The highest BCUT2D eigenvalue weighted by atomic mass is 35.5. The van der Waals surface area contributed by atoms with Crippen LogP contribution in [0.4, 0.5) is 5.69 Å². The summed E-state index contributed by atoms with van der Waals surface area (Å²) in [6.07, 6.45) is 4.11. The van der Waals surface area contributed by atoms with Crippen molar-refractivity contribution in [3.8, 4) is 23.0 Å². The zero-order chi connectivity index (χ0) is 21.0. The lowest BCUT2D eigenvalue weighted by Gasteiger charge is -2.12. The standard InChI is InChI=1S/C22H24ClNO5/c1-5-28-18-10-15-8-13(2)29-19(15)9-14(18)6-7-22(25)24-17-12-20(26-3)16(23)11-21(17)27-4/h6-7,9-13H,5,8H2,1-4H3,(H,24,25)/b7-6+/t13-/m1/s1. The SMILES string of the molecule is CCOc1cc2c(cc1/C=C/C(=O)Nc1cc(OC)c(Cl)cc1OC)O[C@H](C)C2. The zero-order valence-electron chi connectivity index (χ0n) is 16.9. The lowest BCUT2D eigenvalue weighted by molar-refractivity contribution is -0.111. The van der Waals surface area contributed by atoms with E-state index < -0.39 is 0 Å². The highest BCUT2D eigenvalue weighted by molar-refractivity contribution is 6.32. The van der Waals surface area contributed by atoms with Crippen LogP contribution in [0.5, 0.6) is 23.0 Å². The first-order valence-electron chi connectivity index (χ1n) is 9.32. The Kier molecular flexibility index (Phi) is 6.54. The highest BCUT2D eigenvalue weighted by Crippen LogP contribution is 2.37. The Morgan fingerprint density at radius 1 is 1.21 bits per heavy atom. The second-order valence-corrected chi connectivity index (χ2v) is 6.98. The van der Waals surface area contributed by atoms with Gasteiger partial charge in [-0.1, -0.05) is 11.6 Å². The minimum atomic E-state index is -0.329. The average Bonchev–Trinajstić information content (AvgIpc) is 3.06. The maximum Gasteiger partial charge on any atom is 0.248 e. The molecular formula is C22H24ClNO5. The number of fused-ring (bicyclic) bond motifs is 1. The average molecular weight is 418 g/mol. The summed E-state index contributed by atoms with van der Waals surface area (Å²) in [7, 11) is 3.01. The van der Waals surface area contributed by atoms with Gasteiger partial charge in [-0.25, -0.2) is 0 Å². The molecule has 0 saturated heterocycles. The molecule has 1 atom stereocenters. The number of carbonyl (C=O) groups is 1. The van der Waals surface area contributed by atoms with E-state index in [1.807, 2.05) is 26.0 Å². The van der Waals surface area contributed by atoms with Gasteiger partial charge in [-0.05, 0) is 32.1 Å². The molecule has 154 valence electrons. The van der Waals surface area contributed by atoms with Crippen LogP contribution in [0.1, 0.15) is 25.0 Å². The topological polar surface area (TPSA) is 66.0 Å². The minimum Gasteiger partial charge on any atom is -0.495 e. The second kappa shape index (κ2) is 9.09. The van der Waals surface area contributed by atoms with Gasteiger partial charge in [0, 0.05) is 35.8 Å². The van der Waals surface area contributed by atoms with Crippen molar-refractivity contribution in [3.63, 3.8) is 0 Å². The molecule has 2 aromatic rings. The summed E-state index contributed by atoms with van der Waals surface area (Å²) in [4.78, 5) is 12.5. The van der Waals surface area contributed by atoms with Crippen LogP contribution in [-0.2, 0) is 11.2 Å². The van der Waals surface area contributed by atoms with Crippen molar-refractivity contribution in [1.29, 1.82) is 0 Å². The number of anilines is 1. The van der Waals surface area contributed by atoms with Gasteiger partial charge in [0.25, 0.3) is 0 Å². The number of benzene rings is 2. The maximum absolute atomic E-state index is 12.5. The first-order valence-corrected chi connectivity index (χ1v) is 9.69. The van der Waals surface area contributed by atoms with Crippen LogP contribution in [-0.4, -0.2) is 32.8 Å². The first-order chi connectivity index (χ1) is 13.9. The maximum atomic E-state index is 12.5. The van der Waals surface area contributed by atoms with E-state index in [9.17, 15) is 4.79 Å². The number of methoxy groups -OCH3 is 2. The Bertz CT molecular complexity index is 941. The summed E-state index contributed by atoms with van der Waals surface area (Å²) in [5.74, 6) is 2.09.